The molecule has 0 unspecified atom stereocenters. The molecule has 0 aromatic heterocycles. The summed E-state index contributed by atoms with van der Waals surface area (Å²) in [5.74, 6) is -0.539. The number of hydrogen-bond donors (Lipinski definition) is 0. The van der Waals surface area contributed by atoms with E-state index < -0.39 is 5.82 Å². The monoisotopic (exact) mass is 219 g/mol. The van der Waals surface area contributed by atoms with Crippen molar-refractivity contribution in [3.63, 3.8) is 0 Å². The summed E-state index contributed by atoms with van der Waals surface area (Å²) in [4.78, 5) is 14.5. The second kappa shape index (κ2) is 3.81. The van der Waals surface area contributed by atoms with Crippen LogP contribution in [0.15, 0.2) is 18.2 Å². The van der Waals surface area contributed by atoms with Crippen molar-refractivity contribution in [3.8, 4) is 6.07 Å². The molecule has 1 aromatic carbocycles. The molecule has 2 rings (SSSR count). The minimum Gasteiger partial charge on any atom is -0.326 e. The Balaban J connectivity index is 2.35. The number of halogens is 1. The van der Waals surface area contributed by atoms with Gasteiger partial charge in [0.1, 0.15) is 5.82 Å². The summed E-state index contributed by atoms with van der Waals surface area (Å²) in [6.07, 6.45) is 0. The first kappa shape index (κ1) is 10.4. The predicted molar refractivity (Wildman–Crippen MR) is 56.5 cm³/mol. The number of carbonyl (C=O) groups is 1. The van der Waals surface area contributed by atoms with Crippen molar-refractivity contribution < 1.29 is 9.18 Å². The van der Waals surface area contributed by atoms with E-state index in [1.807, 2.05) is 6.07 Å². The van der Waals surface area contributed by atoms with Gasteiger partial charge in [-0.25, -0.2) is 9.18 Å². The summed E-state index contributed by atoms with van der Waals surface area (Å²) in [6.45, 7) is 1.05. The molecule has 5 heteroatoms. The quantitative estimate of drug-likeness (QED) is 0.719. The molecule has 4 nitrogen and oxygen atoms in total. The Labute approximate surface area is 92.5 Å². The fraction of sp³-hybridized carbons (Fsp3) is 0.273. The topological polar surface area (TPSA) is 47.3 Å². The highest BCUT2D eigenvalue weighted by Gasteiger charge is 2.28. The fourth-order valence-corrected chi connectivity index (χ4v) is 1.67. The molecular formula is C11H10FN3O. The lowest BCUT2D eigenvalue weighted by molar-refractivity contribution is 0.229. The molecule has 16 heavy (non-hydrogen) atoms. The number of benzene rings is 1. The highest BCUT2D eigenvalue weighted by atomic mass is 19.1. The van der Waals surface area contributed by atoms with Crippen molar-refractivity contribution >= 4 is 11.7 Å². The molecule has 1 aromatic rings. The van der Waals surface area contributed by atoms with Gasteiger partial charge in [0, 0.05) is 20.1 Å². The zero-order chi connectivity index (χ0) is 11.7. The molecule has 1 aliphatic heterocycles. The molecule has 1 aliphatic rings. The van der Waals surface area contributed by atoms with E-state index in [9.17, 15) is 9.18 Å². The van der Waals surface area contributed by atoms with Crippen molar-refractivity contribution in [2.75, 3.05) is 25.0 Å². The zero-order valence-corrected chi connectivity index (χ0v) is 8.77. The van der Waals surface area contributed by atoms with Gasteiger partial charge < -0.3 is 4.90 Å². The molecule has 1 fully saturated rings. The van der Waals surface area contributed by atoms with Gasteiger partial charge in [-0.1, -0.05) is 0 Å². The van der Waals surface area contributed by atoms with E-state index in [0.717, 1.165) is 6.07 Å². The third kappa shape index (κ3) is 1.58. The second-order valence-electron chi connectivity index (χ2n) is 3.63. The highest BCUT2D eigenvalue weighted by molar-refractivity contribution is 5.94. The maximum atomic E-state index is 13.6. The smallest absolute Gasteiger partial charge is 0.324 e. The lowest BCUT2D eigenvalue weighted by Gasteiger charge is -2.16. The Morgan fingerprint density at radius 2 is 2.19 bits per heavy atom. The molecule has 0 N–H and O–H groups in total. The van der Waals surface area contributed by atoms with Gasteiger partial charge in [-0.3, -0.25) is 4.90 Å². The first-order valence-corrected chi connectivity index (χ1v) is 4.86. The van der Waals surface area contributed by atoms with Gasteiger partial charge in [-0.2, -0.15) is 5.26 Å². The lowest BCUT2D eigenvalue weighted by atomic mass is 10.2. The average molecular weight is 219 g/mol. The molecular weight excluding hydrogens is 209 g/mol. The number of hydrogen-bond acceptors (Lipinski definition) is 2. The third-order valence-corrected chi connectivity index (χ3v) is 2.58. The Morgan fingerprint density at radius 3 is 2.69 bits per heavy atom. The first-order valence-electron chi connectivity index (χ1n) is 4.86. The summed E-state index contributed by atoms with van der Waals surface area (Å²) in [5, 5.41) is 8.61. The number of carbonyl (C=O) groups excluding carboxylic acids is 1. The minimum absolute atomic E-state index is 0.219. The van der Waals surface area contributed by atoms with Gasteiger partial charge >= 0.3 is 6.03 Å². The Morgan fingerprint density at radius 1 is 1.44 bits per heavy atom. The van der Waals surface area contributed by atoms with Crippen molar-refractivity contribution in [1.82, 2.24) is 4.90 Å². The van der Waals surface area contributed by atoms with Crippen LogP contribution in [-0.2, 0) is 0 Å². The molecule has 2 amide bonds. The number of nitrogens with zero attached hydrogens (tertiary/aromatic N) is 3. The van der Waals surface area contributed by atoms with Gasteiger partial charge in [0.2, 0.25) is 0 Å². The van der Waals surface area contributed by atoms with Gasteiger partial charge in [0.05, 0.1) is 17.3 Å². The SMILES string of the molecule is CN1CCN(c2ccc(C#N)cc2F)C1=O. The highest BCUT2D eigenvalue weighted by Crippen LogP contribution is 2.23. The van der Waals surface area contributed by atoms with E-state index in [1.54, 1.807) is 7.05 Å². The van der Waals surface area contributed by atoms with Crippen LogP contribution in [0.25, 0.3) is 0 Å². The number of rotatable bonds is 1. The first-order chi connectivity index (χ1) is 7.63. The number of amides is 2. The Hall–Kier alpha value is -2.09. The van der Waals surface area contributed by atoms with Crippen LogP contribution in [0.4, 0.5) is 14.9 Å². The summed E-state index contributed by atoms with van der Waals surface area (Å²) in [6, 6.07) is 5.74. The van der Waals surface area contributed by atoms with Crippen LogP contribution in [0.5, 0.6) is 0 Å². The van der Waals surface area contributed by atoms with E-state index in [2.05, 4.69) is 0 Å². The maximum Gasteiger partial charge on any atom is 0.324 e. The number of urea groups is 1. The molecule has 0 saturated carbocycles. The van der Waals surface area contributed by atoms with E-state index in [1.165, 1.54) is 21.9 Å². The summed E-state index contributed by atoms with van der Waals surface area (Å²) < 4.78 is 13.6. The normalized spacial score (nSPS) is 15.4. The molecule has 0 spiro atoms. The van der Waals surface area contributed by atoms with Crippen LogP contribution < -0.4 is 4.90 Å². The Bertz CT molecular complexity index is 481. The van der Waals surface area contributed by atoms with Crippen LogP contribution in [0.2, 0.25) is 0 Å². The summed E-state index contributed by atoms with van der Waals surface area (Å²) in [5.41, 5.74) is 0.481. The van der Waals surface area contributed by atoms with Crippen LogP contribution in [0, 0.1) is 17.1 Å². The summed E-state index contributed by atoms with van der Waals surface area (Å²) in [7, 11) is 1.67. The van der Waals surface area contributed by atoms with Crippen LogP contribution in [0.1, 0.15) is 5.56 Å². The molecule has 0 atom stereocenters. The predicted octanol–water partition coefficient (Wildman–Crippen LogP) is 1.57. The second-order valence-corrected chi connectivity index (χ2v) is 3.63. The molecule has 82 valence electrons. The zero-order valence-electron chi connectivity index (χ0n) is 8.77. The van der Waals surface area contributed by atoms with Gasteiger partial charge in [0.25, 0.3) is 0 Å². The maximum absolute atomic E-state index is 13.6. The largest absolute Gasteiger partial charge is 0.326 e. The van der Waals surface area contributed by atoms with Crippen molar-refractivity contribution in [1.29, 1.82) is 5.26 Å². The van der Waals surface area contributed by atoms with E-state index in [-0.39, 0.29) is 17.3 Å². The standard InChI is InChI=1S/C11H10FN3O/c1-14-4-5-15(11(14)16)10-3-2-8(7-13)6-9(10)12/h2-3,6H,4-5H2,1H3. The van der Waals surface area contributed by atoms with Crippen molar-refractivity contribution in [2.45, 2.75) is 0 Å². The molecule has 1 heterocycles. The van der Waals surface area contributed by atoms with E-state index >= 15 is 0 Å². The van der Waals surface area contributed by atoms with Crippen LogP contribution in [-0.4, -0.2) is 31.1 Å². The van der Waals surface area contributed by atoms with E-state index in [4.69, 9.17) is 5.26 Å². The number of likely N-dealkylation sites (N-methyl/N-ethyl adjacent to an activating group) is 1. The molecule has 1 saturated heterocycles. The van der Waals surface area contributed by atoms with Gasteiger partial charge in [0.15, 0.2) is 0 Å². The fourth-order valence-electron chi connectivity index (χ4n) is 1.67. The molecule has 0 aliphatic carbocycles. The minimum atomic E-state index is -0.539. The van der Waals surface area contributed by atoms with Crippen molar-refractivity contribution in [2.24, 2.45) is 0 Å². The molecule has 0 radical (unpaired) electrons. The van der Waals surface area contributed by atoms with Gasteiger partial charge in [-0.15, -0.1) is 0 Å². The summed E-state index contributed by atoms with van der Waals surface area (Å²) >= 11 is 0. The number of anilines is 1. The van der Waals surface area contributed by atoms with Gasteiger partial charge in [-0.05, 0) is 18.2 Å². The van der Waals surface area contributed by atoms with Crippen molar-refractivity contribution in [3.05, 3.63) is 29.6 Å². The van der Waals surface area contributed by atoms with Crippen LogP contribution in [0.3, 0.4) is 0 Å². The number of nitriles is 1. The Kier molecular flexibility index (Phi) is 2.49. The lowest BCUT2D eigenvalue weighted by Crippen LogP contribution is -2.29. The van der Waals surface area contributed by atoms with Crippen LogP contribution >= 0.6 is 0 Å². The third-order valence-electron chi connectivity index (χ3n) is 2.58. The van der Waals surface area contributed by atoms with E-state index in [0.29, 0.717) is 13.1 Å². The average Bonchev–Trinajstić information content (AvgIpc) is 2.60. The molecule has 0 bridgehead atoms.